The molecule has 0 aromatic heterocycles. The summed E-state index contributed by atoms with van der Waals surface area (Å²) in [4.78, 5) is 14.0. The molecule has 0 bridgehead atoms. The number of hydrogen-bond acceptors (Lipinski definition) is 2. The summed E-state index contributed by atoms with van der Waals surface area (Å²) in [5.41, 5.74) is 2.10. The van der Waals surface area contributed by atoms with Crippen molar-refractivity contribution in [2.24, 2.45) is 0 Å². The molecule has 0 aliphatic carbocycles. The van der Waals surface area contributed by atoms with Gasteiger partial charge in [0, 0.05) is 18.6 Å². The van der Waals surface area contributed by atoms with Crippen LogP contribution in [0.15, 0.2) is 54.6 Å². The number of rotatable bonds is 4. The van der Waals surface area contributed by atoms with E-state index in [4.69, 9.17) is 16.3 Å². The number of ether oxygens (including phenoxy) is 1. The maximum absolute atomic E-state index is 12.3. The van der Waals surface area contributed by atoms with E-state index in [1.165, 1.54) is 0 Å². The number of nitrogens with zero attached hydrogens (tertiary/aromatic N) is 1. The molecule has 0 N–H and O–H groups in total. The van der Waals surface area contributed by atoms with Gasteiger partial charge in [-0.2, -0.15) is 0 Å². The van der Waals surface area contributed by atoms with Crippen molar-refractivity contribution in [3.8, 4) is 0 Å². The summed E-state index contributed by atoms with van der Waals surface area (Å²) in [6.07, 6.45) is -0.520. The summed E-state index contributed by atoms with van der Waals surface area (Å²) >= 11 is 5.86. The molecule has 3 nitrogen and oxygen atoms in total. The molecule has 1 amide bonds. The SMILES string of the molecule is CN(Cc1ccccc1)C(=O)[C@@H]1O[C@H]1c1ccc(Cl)cc1. The molecule has 2 aromatic carbocycles. The van der Waals surface area contributed by atoms with Gasteiger partial charge in [0.2, 0.25) is 0 Å². The number of amides is 1. The molecule has 2 aromatic rings. The van der Waals surface area contributed by atoms with Gasteiger partial charge in [0.15, 0.2) is 6.10 Å². The monoisotopic (exact) mass is 301 g/mol. The number of carbonyl (C=O) groups excluding carboxylic acids is 1. The summed E-state index contributed by atoms with van der Waals surface area (Å²) < 4.78 is 5.53. The van der Waals surface area contributed by atoms with E-state index in [2.05, 4.69) is 0 Å². The highest BCUT2D eigenvalue weighted by molar-refractivity contribution is 6.30. The molecule has 1 aliphatic heterocycles. The fourth-order valence-corrected chi connectivity index (χ4v) is 2.48. The van der Waals surface area contributed by atoms with E-state index in [0.717, 1.165) is 11.1 Å². The van der Waals surface area contributed by atoms with Crippen molar-refractivity contribution in [1.82, 2.24) is 4.90 Å². The highest BCUT2D eigenvalue weighted by atomic mass is 35.5. The lowest BCUT2D eigenvalue weighted by molar-refractivity contribution is -0.131. The Kier molecular flexibility index (Phi) is 3.95. The highest BCUT2D eigenvalue weighted by Crippen LogP contribution is 2.40. The zero-order valence-corrected chi connectivity index (χ0v) is 12.5. The second-order valence-corrected chi connectivity index (χ2v) is 5.65. The van der Waals surface area contributed by atoms with Gasteiger partial charge in [0.1, 0.15) is 6.10 Å². The van der Waals surface area contributed by atoms with Crippen LogP contribution in [-0.2, 0) is 16.1 Å². The minimum Gasteiger partial charge on any atom is -0.354 e. The number of likely N-dealkylation sites (N-methyl/N-ethyl adjacent to an activating group) is 1. The predicted octanol–water partition coefficient (Wildman–Crippen LogP) is 3.44. The van der Waals surface area contributed by atoms with Gasteiger partial charge in [-0.1, -0.05) is 54.1 Å². The average Bonchev–Trinajstić information content (AvgIpc) is 3.28. The van der Waals surface area contributed by atoms with Gasteiger partial charge in [-0.05, 0) is 23.3 Å². The van der Waals surface area contributed by atoms with Crippen LogP contribution in [0.1, 0.15) is 17.2 Å². The minimum absolute atomic E-state index is 0.0128. The van der Waals surface area contributed by atoms with Gasteiger partial charge in [-0.25, -0.2) is 0 Å². The molecule has 108 valence electrons. The van der Waals surface area contributed by atoms with E-state index in [1.54, 1.807) is 11.9 Å². The van der Waals surface area contributed by atoms with Crippen molar-refractivity contribution in [2.75, 3.05) is 7.05 Å². The van der Waals surface area contributed by atoms with Crippen LogP contribution in [-0.4, -0.2) is 24.0 Å². The first-order valence-electron chi connectivity index (χ1n) is 6.85. The van der Waals surface area contributed by atoms with E-state index in [1.807, 2.05) is 54.6 Å². The Morgan fingerprint density at radius 3 is 2.48 bits per heavy atom. The normalized spacial score (nSPS) is 20.1. The second kappa shape index (κ2) is 5.88. The first-order chi connectivity index (χ1) is 10.1. The van der Waals surface area contributed by atoms with Crippen molar-refractivity contribution < 1.29 is 9.53 Å². The third-order valence-corrected chi connectivity index (χ3v) is 3.82. The van der Waals surface area contributed by atoms with Gasteiger partial charge in [-0.15, -0.1) is 0 Å². The molecule has 1 fully saturated rings. The Bertz CT molecular complexity index is 627. The van der Waals surface area contributed by atoms with Gasteiger partial charge < -0.3 is 9.64 Å². The first-order valence-corrected chi connectivity index (χ1v) is 7.23. The highest BCUT2D eigenvalue weighted by Gasteiger charge is 2.47. The number of halogens is 1. The van der Waals surface area contributed by atoms with E-state index in [9.17, 15) is 4.79 Å². The molecule has 2 atom stereocenters. The molecule has 21 heavy (non-hydrogen) atoms. The lowest BCUT2D eigenvalue weighted by atomic mass is 10.1. The minimum atomic E-state index is -0.375. The summed E-state index contributed by atoms with van der Waals surface area (Å²) in [5.74, 6) is 0.0128. The Balaban J connectivity index is 1.61. The van der Waals surface area contributed by atoms with Crippen LogP contribution in [0.2, 0.25) is 5.02 Å². The Morgan fingerprint density at radius 2 is 1.81 bits per heavy atom. The third kappa shape index (κ3) is 3.26. The average molecular weight is 302 g/mol. The van der Waals surface area contributed by atoms with Crippen molar-refractivity contribution in [2.45, 2.75) is 18.8 Å². The van der Waals surface area contributed by atoms with Crippen molar-refractivity contribution >= 4 is 17.5 Å². The fourth-order valence-electron chi connectivity index (χ4n) is 2.36. The number of benzene rings is 2. The van der Waals surface area contributed by atoms with E-state index in [0.29, 0.717) is 11.6 Å². The summed E-state index contributed by atoms with van der Waals surface area (Å²) in [7, 11) is 1.80. The molecule has 1 saturated heterocycles. The molecular formula is C17H16ClNO2. The van der Waals surface area contributed by atoms with E-state index in [-0.39, 0.29) is 18.1 Å². The van der Waals surface area contributed by atoms with Crippen molar-refractivity contribution in [3.63, 3.8) is 0 Å². The van der Waals surface area contributed by atoms with Gasteiger partial charge in [0.25, 0.3) is 5.91 Å². The van der Waals surface area contributed by atoms with Crippen LogP contribution < -0.4 is 0 Å². The van der Waals surface area contributed by atoms with Crippen LogP contribution in [0.4, 0.5) is 0 Å². The van der Waals surface area contributed by atoms with Gasteiger partial charge >= 0.3 is 0 Å². The lowest BCUT2D eigenvalue weighted by Crippen LogP contribution is -2.30. The zero-order chi connectivity index (χ0) is 14.8. The number of epoxide rings is 1. The Morgan fingerprint density at radius 1 is 1.14 bits per heavy atom. The molecule has 0 spiro atoms. The topological polar surface area (TPSA) is 32.8 Å². The van der Waals surface area contributed by atoms with Crippen molar-refractivity contribution in [3.05, 3.63) is 70.7 Å². The summed E-state index contributed by atoms with van der Waals surface area (Å²) in [5, 5.41) is 0.684. The summed E-state index contributed by atoms with van der Waals surface area (Å²) in [6, 6.07) is 17.3. The maximum Gasteiger partial charge on any atom is 0.254 e. The standard InChI is InChI=1S/C17H16ClNO2/c1-19(11-12-5-3-2-4-6-12)17(20)16-15(21-16)13-7-9-14(18)10-8-13/h2-10,15-16H,11H2,1H3/t15-,16+/m0/s1. The molecule has 0 saturated carbocycles. The van der Waals surface area contributed by atoms with Crippen LogP contribution in [0.5, 0.6) is 0 Å². The van der Waals surface area contributed by atoms with Crippen LogP contribution in [0.25, 0.3) is 0 Å². The molecule has 4 heteroatoms. The Hall–Kier alpha value is -1.84. The number of carbonyl (C=O) groups is 1. The predicted molar refractivity (Wildman–Crippen MR) is 82.0 cm³/mol. The van der Waals surface area contributed by atoms with Gasteiger partial charge in [-0.3, -0.25) is 4.79 Å². The van der Waals surface area contributed by atoms with E-state index >= 15 is 0 Å². The quantitative estimate of drug-likeness (QED) is 0.811. The zero-order valence-electron chi connectivity index (χ0n) is 11.7. The Labute approximate surface area is 129 Å². The second-order valence-electron chi connectivity index (χ2n) is 5.21. The molecule has 0 unspecified atom stereocenters. The molecule has 3 rings (SSSR count). The largest absolute Gasteiger partial charge is 0.354 e. The van der Waals surface area contributed by atoms with Crippen LogP contribution in [0.3, 0.4) is 0 Å². The van der Waals surface area contributed by atoms with Gasteiger partial charge in [0.05, 0.1) is 0 Å². The lowest BCUT2D eigenvalue weighted by Gasteiger charge is -2.16. The van der Waals surface area contributed by atoms with Crippen molar-refractivity contribution in [1.29, 1.82) is 0 Å². The summed E-state index contributed by atoms with van der Waals surface area (Å²) in [6.45, 7) is 0.590. The smallest absolute Gasteiger partial charge is 0.254 e. The molecule has 1 aliphatic rings. The first kappa shape index (κ1) is 14.1. The third-order valence-electron chi connectivity index (χ3n) is 3.57. The molecular weight excluding hydrogens is 286 g/mol. The molecule has 1 heterocycles. The molecule has 0 radical (unpaired) electrons. The van der Waals surface area contributed by atoms with Crippen LogP contribution in [0, 0.1) is 0 Å². The van der Waals surface area contributed by atoms with Crippen LogP contribution >= 0.6 is 11.6 Å². The van der Waals surface area contributed by atoms with E-state index < -0.39 is 0 Å². The maximum atomic E-state index is 12.3. The number of hydrogen-bond donors (Lipinski definition) is 0. The fraction of sp³-hybridized carbons (Fsp3) is 0.235.